The molecule has 7 atom stereocenters. The molecule has 0 unspecified atom stereocenters. The fourth-order valence-corrected chi connectivity index (χ4v) is 6.80. The van der Waals surface area contributed by atoms with Crippen LogP contribution in [-0.2, 0) is 19.2 Å². The molecule has 0 saturated carbocycles. The number of fused-ring (bicyclic) bond motifs is 1. The Labute approximate surface area is 199 Å². The number of hydrogen-bond donors (Lipinski definition) is 5. The average Bonchev–Trinajstić information content (AvgIpc) is 3.49. The van der Waals surface area contributed by atoms with E-state index in [0.717, 1.165) is 19.5 Å². The Hall–Kier alpha value is -2.25. The topological polar surface area (TPSA) is 140 Å². The van der Waals surface area contributed by atoms with Crippen molar-refractivity contribution in [2.75, 3.05) is 19.6 Å². The summed E-state index contributed by atoms with van der Waals surface area (Å²) in [5.41, 5.74) is -0.0962. The summed E-state index contributed by atoms with van der Waals surface area (Å²) in [6, 6.07) is -1.66. The second-order valence-electron chi connectivity index (χ2n) is 9.26. The van der Waals surface area contributed by atoms with E-state index in [1.54, 1.807) is 6.92 Å². The van der Waals surface area contributed by atoms with Crippen LogP contribution in [0, 0.1) is 11.8 Å². The molecule has 0 aromatic heterocycles. The minimum absolute atomic E-state index is 0.0625. The number of carbonyl (C=O) groups excluding carboxylic acids is 3. The van der Waals surface area contributed by atoms with E-state index in [4.69, 9.17) is 0 Å². The lowest BCUT2D eigenvalue weighted by atomic mass is 9.78. The zero-order chi connectivity index (χ0) is 24.7. The molecule has 0 radical (unpaired) electrons. The Bertz CT molecular complexity index is 912. The van der Waals surface area contributed by atoms with Crippen molar-refractivity contribution in [3.63, 3.8) is 0 Å². The molecule has 3 saturated heterocycles. The Morgan fingerprint density at radius 1 is 1.26 bits per heavy atom. The van der Waals surface area contributed by atoms with Crippen LogP contribution in [0.4, 0.5) is 8.78 Å². The number of rotatable bonds is 8. The van der Waals surface area contributed by atoms with Crippen molar-refractivity contribution >= 4 is 35.5 Å². The molecule has 188 valence electrons. The van der Waals surface area contributed by atoms with Gasteiger partial charge in [0.25, 0.3) is 5.91 Å². The van der Waals surface area contributed by atoms with Crippen LogP contribution < -0.4 is 21.3 Å². The van der Waals surface area contributed by atoms with Crippen molar-refractivity contribution in [2.24, 2.45) is 11.8 Å². The number of halogens is 2. The molecule has 13 heteroatoms. The first kappa shape index (κ1) is 24.9. The number of aliphatic carboxylic acids is 1. The Kier molecular flexibility index (Phi) is 7.15. The van der Waals surface area contributed by atoms with Gasteiger partial charge in [0.2, 0.25) is 11.8 Å². The van der Waals surface area contributed by atoms with Crippen LogP contribution in [0.25, 0.3) is 0 Å². The first-order chi connectivity index (χ1) is 16.1. The normalized spacial score (nSPS) is 33.7. The summed E-state index contributed by atoms with van der Waals surface area (Å²) in [6.07, 6.45) is -1.80. The molecular weight excluding hydrogens is 472 g/mol. The summed E-state index contributed by atoms with van der Waals surface area (Å²) in [5.74, 6) is -4.40. The van der Waals surface area contributed by atoms with Gasteiger partial charge in [-0.25, -0.2) is 4.79 Å². The van der Waals surface area contributed by atoms with Crippen molar-refractivity contribution in [1.29, 1.82) is 0 Å². The van der Waals surface area contributed by atoms with E-state index in [9.17, 15) is 33.1 Å². The van der Waals surface area contributed by atoms with Gasteiger partial charge in [0.05, 0.1) is 18.0 Å². The van der Waals surface area contributed by atoms with Crippen LogP contribution in [-0.4, -0.2) is 89.2 Å². The quantitative estimate of drug-likeness (QED) is 0.280. The summed E-state index contributed by atoms with van der Waals surface area (Å²) in [4.78, 5) is 50.6. The van der Waals surface area contributed by atoms with Crippen LogP contribution in [0.5, 0.6) is 0 Å². The fraction of sp³-hybridized carbons (Fsp3) is 0.714. The van der Waals surface area contributed by atoms with Gasteiger partial charge in [0.1, 0.15) is 5.70 Å². The van der Waals surface area contributed by atoms with E-state index in [0.29, 0.717) is 17.9 Å². The van der Waals surface area contributed by atoms with Gasteiger partial charge in [-0.1, -0.05) is 6.92 Å². The van der Waals surface area contributed by atoms with Crippen molar-refractivity contribution in [2.45, 2.75) is 62.5 Å². The number of carbonyl (C=O) groups is 4. The molecular formula is C21H29F2N5O5S. The molecule has 10 nitrogen and oxygen atoms in total. The lowest BCUT2D eigenvalue weighted by Crippen LogP contribution is -2.66. The monoisotopic (exact) mass is 501 g/mol. The predicted octanol–water partition coefficient (Wildman–Crippen LogP) is -0.529. The third-order valence-electron chi connectivity index (χ3n) is 7.01. The Morgan fingerprint density at radius 3 is 2.62 bits per heavy atom. The second kappa shape index (κ2) is 9.78. The third-order valence-corrected chi connectivity index (χ3v) is 8.52. The minimum Gasteiger partial charge on any atom is -0.477 e. The second-order valence-corrected chi connectivity index (χ2v) is 10.6. The minimum atomic E-state index is -3.20. The van der Waals surface area contributed by atoms with E-state index in [1.165, 1.54) is 23.6 Å². The van der Waals surface area contributed by atoms with Gasteiger partial charge in [-0.05, 0) is 26.3 Å². The molecule has 0 aliphatic carbocycles. The maximum Gasteiger partial charge on any atom is 0.353 e. The smallest absolute Gasteiger partial charge is 0.353 e. The summed E-state index contributed by atoms with van der Waals surface area (Å²) < 4.78 is 25.3. The molecule has 3 fully saturated rings. The Morgan fingerprint density at radius 2 is 2.00 bits per heavy atom. The van der Waals surface area contributed by atoms with E-state index in [1.807, 2.05) is 0 Å². The summed E-state index contributed by atoms with van der Waals surface area (Å²) in [7, 11) is 0. The van der Waals surface area contributed by atoms with E-state index >= 15 is 0 Å². The summed E-state index contributed by atoms with van der Waals surface area (Å²) >= 11 is 1.35. The zero-order valence-corrected chi connectivity index (χ0v) is 19.7. The van der Waals surface area contributed by atoms with Gasteiger partial charge < -0.3 is 31.3 Å². The highest BCUT2D eigenvalue weighted by molar-refractivity contribution is 8.03. The number of hydrogen-bond acceptors (Lipinski definition) is 7. The molecule has 0 spiro atoms. The van der Waals surface area contributed by atoms with Gasteiger partial charge in [-0.3, -0.25) is 14.4 Å². The average molecular weight is 502 g/mol. The Balaban J connectivity index is 1.42. The summed E-state index contributed by atoms with van der Waals surface area (Å²) in [6.45, 7) is 5.40. The van der Waals surface area contributed by atoms with Gasteiger partial charge in [-0.2, -0.15) is 8.78 Å². The molecule has 34 heavy (non-hydrogen) atoms. The van der Waals surface area contributed by atoms with Crippen LogP contribution in [0.3, 0.4) is 0 Å². The number of amides is 3. The number of β-lactam (4-membered cyclic amide) rings is 1. The largest absolute Gasteiger partial charge is 0.477 e. The number of carboxylic acid groups (broad SMARTS) is 1. The van der Waals surface area contributed by atoms with E-state index < -0.39 is 42.2 Å². The molecule has 0 aromatic carbocycles. The molecule has 4 aliphatic heterocycles. The molecule has 0 aromatic rings. The summed E-state index contributed by atoms with van der Waals surface area (Å²) in [5, 5.41) is 21.3. The predicted molar refractivity (Wildman–Crippen MR) is 119 cm³/mol. The van der Waals surface area contributed by atoms with E-state index in [-0.39, 0.29) is 34.9 Å². The maximum atomic E-state index is 12.8. The standard InChI is InChI=1S/C21H29F2N5O5S/c1-8-14-13(9(2)26-19(30)17(22)23)20(31)28(14)15(21(32)33)16(8)34-11-5-12(25-7-11)18(29)27-10-3-4-24-6-10/h8-14,17,24-25H,3-7H2,1-2H3,(H,26,30)(H,27,29)(H,32,33)/t8-,9-,10+,11+,12+,13-,14-/m1/s1. The molecule has 4 heterocycles. The maximum absolute atomic E-state index is 12.8. The van der Waals surface area contributed by atoms with Crippen LogP contribution in [0.1, 0.15) is 26.7 Å². The highest BCUT2D eigenvalue weighted by atomic mass is 32.2. The van der Waals surface area contributed by atoms with Crippen LogP contribution >= 0.6 is 11.8 Å². The van der Waals surface area contributed by atoms with Crippen molar-refractivity contribution < 1.29 is 33.1 Å². The lowest BCUT2D eigenvalue weighted by molar-refractivity contribution is -0.159. The van der Waals surface area contributed by atoms with Gasteiger partial charge >= 0.3 is 12.4 Å². The third kappa shape index (κ3) is 4.52. The lowest BCUT2D eigenvalue weighted by Gasteiger charge is -2.47. The van der Waals surface area contributed by atoms with E-state index in [2.05, 4.69) is 21.3 Å². The number of thioether (sulfide) groups is 1. The first-order valence-corrected chi connectivity index (χ1v) is 12.3. The molecule has 4 rings (SSSR count). The van der Waals surface area contributed by atoms with Crippen LogP contribution in [0.15, 0.2) is 10.6 Å². The molecule has 5 N–H and O–H groups in total. The first-order valence-electron chi connectivity index (χ1n) is 11.4. The molecule has 0 bridgehead atoms. The molecule has 3 amide bonds. The SMILES string of the molecule is C[C@@H](NC(=O)C(F)F)[C@H]1C(=O)N2C(C(=O)O)=C(S[C@@H]3CN[C@H](C(=O)N[C@H]4CCNC4)C3)[C@H](C)[C@H]12. The van der Waals surface area contributed by atoms with Crippen molar-refractivity contribution in [3.8, 4) is 0 Å². The van der Waals surface area contributed by atoms with Crippen molar-refractivity contribution in [3.05, 3.63) is 10.6 Å². The van der Waals surface area contributed by atoms with Gasteiger partial charge in [0.15, 0.2) is 0 Å². The number of nitrogens with one attached hydrogen (secondary N) is 4. The van der Waals surface area contributed by atoms with Gasteiger partial charge in [0, 0.05) is 41.2 Å². The fourth-order valence-electron chi connectivity index (χ4n) is 5.33. The number of alkyl halides is 2. The molecule has 4 aliphatic rings. The number of carboxylic acids is 1. The van der Waals surface area contributed by atoms with Gasteiger partial charge in [-0.15, -0.1) is 11.8 Å². The van der Waals surface area contributed by atoms with Crippen LogP contribution in [0.2, 0.25) is 0 Å². The highest BCUT2D eigenvalue weighted by Gasteiger charge is 2.60. The number of nitrogens with zero attached hydrogens (tertiary/aromatic N) is 1. The zero-order valence-electron chi connectivity index (χ0n) is 18.8. The highest BCUT2D eigenvalue weighted by Crippen LogP contribution is 2.51. The van der Waals surface area contributed by atoms with Crippen molar-refractivity contribution in [1.82, 2.24) is 26.2 Å².